The Morgan fingerprint density at radius 3 is 2.66 bits per heavy atom. The first kappa shape index (κ1) is 20.1. The molecule has 154 valence electrons. The van der Waals surface area contributed by atoms with Crippen LogP contribution >= 0.6 is 11.3 Å². The van der Waals surface area contributed by atoms with Crippen molar-refractivity contribution in [3.05, 3.63) is 40.0 Å². The molecule has 1 fully saturated rings. The van der Waals surface area contributed by atoms with Crippen LogP contribution < -0.4 is 5.32 Å². The number of pyridine rings is 1. The van der Waals surface area contributed by atoms with Gasteiger partial charge < -0.3 is 15.2 Å². The highest BCUT2D eigenvalue weighted by atomic mass is 32.1. The van der Waals surface area contributed by atoms with Gasteiger partial charge in [0.05, 0.1) is 20.8 Å². The highest BCUT2D eigenvalue weighted by Crippen LogP contribution is 2.40. The number of aromatic nitrogens is 2. The number of aromatic amines is 1. The molecule has 3 aromatic rings. The Labute approximate surface area is 176 Å². The molecule has 4 heterocycles. The lowest BCUT2D eigenvalue weighted by Crippen LogP contribution is -2.53. The molecule has 0 bridgehead atoms. The third-order valence-corrected chi connectivity index (χ3v) is 6.90. The number of carbonyl (C=O) groups excluding carboxylic acids is 1. The summed E-state index contributed by atoms with van der Waals surface area (Å²) in [6, 6.07) is 6.59. The zero-order valence-corrected chi connectivity index (χ0v) is 18.7. The first-order valence-electron chi connectivity index (χ1n) is 10.5. The molecule has 5 nitrogen and oxygen atoms in total. The predicted octanol–water partition coefficient (Wildman–Crippen LogP) is 4.86. The largest absolute Gasteiger partial charge is 0.354 e. The molecule has 4 rings (SSSR count). The maximum atomic E-state index is 13.2. The molecule has 2 N–H and O–H groups in total. The molecule has 0 aromatic carbocycles. The van der Waals surface area contributed by atoms with E-state index in [2.05, 4.69) is 48.2 Å². The van der Waals surface area contributed by atoms with Crippen LogP contribution in [0.3, 0.4) is 0 Å². The van der Waals surface area contributed by atoms with Crippen LogP contribution in [0.4, 0.5) is 0 Å². The number of nitrogens with one attached hydrogen (secondary N) is 2. The lowest BCUT2D eigenvalue weighted by atomic mass is 9.99. The number of hydrogen-bond acceptors (Lipinski definition) is 4. The van der Waals surface area contributed by atoms with Crippen molar-refractivity contribution >= 4 is 27.5 Å². The first-order valence-corrected chi connectivity index (χ1v) is 11.3. The summed E-state index contributed by atoms with van der Waals surface area (Å²) >= 11 is 1.63. The first-order chi connectivity index (χ1) is 13.9. The summed E-state index contributed by atoms with van der Waals surface area (Å²) in [5, 5.41) is 3.40. The summed E-state index contributed by atoms with van der Waals surface area (Å²) in [5.41, 5.74) is 6.72. The van der Waals surface area contributed by atoms with Crippen LogP contribution in [0.5, 0.6) is 0 Å². The third kappa shape index (κ3) is 3.71. The molecule has 0 saturated carbocycles. The van der Waals surface area contributed by atoms with Crippen molar-refractivity contribution < 1.29 is 4.79 Å². The molecule has 1 amide bonds. The molecule has 0 aliphatic carbocycles. The third-order valence-electron chi connectivity index (χ3n) is 5.75. The van der Waals surface area contributed by atoms with E-state index >= 15 is 0 Å². The van der Waals surface area contributed by atoms with Gasteiger partial charge in [0.2, 0.25) is 0 Å². The van der Waals surface area contributed by atoms with Crippen LogP contribution in [0.15, 0.2) is 18.2 Å². The van der Waals surface area contributed by atoms with E-state index in [-0.39, 0.29) is 11.9 Å². The summed E-state index contributed by atoms with van der Waals surface area (Å²) in [7, 11) is 0. The SMILES string of the molecule is CC[C@@H]1CNCCN1C(=O)c1cc2[nH]c(-c3cc(C)nc(C)c3)c(C(C)C)c2s1. The Balaban J connectivity index is 1.76. The van der Waals surface area contributed by atoms with E-state index in [0.717, 1.165) is 53.5 Å². The number of nitrogens with zero attached hydrogens (tertiary/aromatic N) is 2. The van der Waals surface area contributed by atoms with Gasteiger partial charge in [-0.15, -0.1) is 11.3 Å². The maximum Gasteiger partial charge on any atom is 0.264 e. The summed E-state index contributed by atoms with van der Waals surface area (Å²) < 4.78 is 1.20. The molecule has 0 radical (unpaired) electrons. The molecule has 3 aromatic heterocycles. The molecular weight excluding hydrogens is 380 g/mol. The minimum atomic E-state index is 0.166. The van der Waals surface area contributed by atoms with E-state index in [0.29, 0.717) is 5.92 Å². The van der Waals surface area contributed by atoms with Gasteiger partial charge in [0.25, 0.3) is 5.91 Å². The topological polar surface area (TPSA) is 61.0 Å². The predicted molar refractivity (Wildman–Crippen MR) is 121 cm³/mol. The Bertz CT molecular complexity index is 1030. The van der Waals surface area contributed by atoms with Crippen molar-refractivity contribution in [1.29, 1.82) is 0 Å². The van der Waals surface area contributed by atoms with Gasteiger partial charge in [0, 0.05) is 42.6 Å². The number of rotatable bonds is 4. The second-order valence-electron chi connectivity index (χ2n) is 8.33. The summed E-state index contributed by atoms with van der Waals surface area (Å²) in [4.78, 5) is 24.3. The van der Waals surface area contributed by atoms with Gasteiger partial charge in [-0.3, -0.25) is 9.78 Å². The molecule has 1 aliphatic rings. The molecule has 1 saturated heterocycles. The van der Waals surface area contributed by atoms with Gasteiger partial charge in [-0.2, -0.15) is 0 Å². The van der Waals surface area contributed by atoms with Crippen LogP contribution in [0.1, 0.15) is 59.7 Å². The summed E-state index contributed by atoms with van der Waals surface area (Å²) in [5.74, 6) is 0.525. The Kier molecular flexibility index (Phi) is 5.49. The smallest absolute Gasteiger partial charge is 0.264 e. The standard InChI is InChI=1S/C23H30N4OS/c1-6-17-12-24-7-8-27(17)23(28)19-11-18-22(29-19)20(13(2)3)21(26-18)16-9-14(4)25-15(5)10-16/h9-11,13,17,24,26H,6-8,12H2,1-5H3/t17-/m1/s1. The fourth-order valence-corrected chi connectivity index (χ4v) is 5.67. The molecule has 1 aliphatic heterocycles. The fraction of sp³-hybridized carbons (Fsp3) is 0.478. The molecule has 29 heavy (non-hydrogen) atoms. The minimum Gasteiger partial charge on any atom is -0.354 e. The van der Waals surface area contributed by atoms with Gasteiger partial charge >= 0.3 is 0 Å². The lowest BCUT2D eigenvalue weighted by molar-refractivity contribution is 0.0636. The second-order valence-corrected chi connectivity index (χ2v) is 9.38. The number of hydrogen-bond donors (Lipinski definition) is 2. The quantitative estimate of drug-likeness (QED) is 0.646. The lowest BCUT2D eigenvalue weighted by Gasteiger charge is -2.35. The molecule has 0 unspecified atom stereocenters. The fourth-order valence-electron chi connectivity index (χ4n) is 4.40. The average Bonchev–Trinajstić information content (AvgIpc) is 3.24. The minimum absolute atomic E-state index is 0.166. The van der Waals surface area contributed by atoms with E-state index in [9.17, 15) is 4.79 Å². The van der Waals surface area contributed by atoms with Crippen LogP contribution in [0.25, 0.3) is 21.5 Å². The van der Waals surface area contributed by atoms with E-state index in [1.807, 2.05) is 24.8 Å². The summed E-state index contributed by atoms with van der Waals surface area (Å²) in [6.07, 6.45) is 0.976. The second kappa shape index (κ2) is 7.92. The average molecular weight is 411 g/mol. The van der Waals surface area contributed by atoms with Crippen molar-refractivity contribution in [2.45, 2.75) is 53.0 Å². The van der Waals surface area contributed by atoms with E-state index < -0.39 is 0 Å². The number of amides is 1. The molecular formula is C23H30N4OS. The van der Waals surface area contributed by atoms with E-state index in [4.69, 9.17) is 0 Å². The molecule has 6 heteroatoms. The Morgan fingerprint density at radius 1 is 1.28 bits per heavy atom. The number of piperazine rings is 1. The normalized spacial score (nSPS) is 17.4. The molecule has 1 atom stereocenters. The van der Waals surface area contributed by atoms with Gasteiger partial charge in [-0.25, -0.2) is 0 Å². The van der Waals surface area contributed by atoms with E-state index in [1.165, 1.54) is 15.8 Å². The number of fused-ring (bicyclic) bond motifs is 1. The van der Waals surface area contributed by atoms with Crippen LogP contribution in [-0.2, 0) is 0 Å². The van der Waals surface area contributed by atoms with Crippen LogP contribution in [0.2, 0.25) is 0 Å². The van der Waals surface area contributed by atoms with Gasteiger partial charge in [-0.1, -0.05) is 20.8 Å². The number of carbonyl (C=O) groups is 1. The Morgan fingerprint density at radius 2 is 2.00 bits per heavy atom. The van der Waals surface area contributed by atoms with Crippen molar-refractivity contribution in [2.24, 2.45) is 0 Å². The van der Waals surface area contributed by atoms with Crippen molar-refractivity contribution in [3.63, 3.8) is 0 Å². The number of aryl methyl sites for hydroxylation is 2. The van der Waals surface area contributed by atoms with Gasteiger partial charge in [0.15, 0.2) is 0 Å². The van der Waals surface area contributed by atoms with Crippen molar-refractivity contribution in [3.8, 4) is 11.3 Å². The number of H-pyrrole nitrogens is 1. The highest BCUT2D eigenvalue weighted by molar-refractivity contribution is 7.21. The monoisotopic (exact) mass is 410 g/mol. The molecule has 0 spiro atoms. The maximum absolute atomic E-state index is 13.2. The van der Waals surface area contributed by atoms with Crippen molar-refractivity contribution in [1.82, 2.24) is 20.2 Å². The van der Waals surface area contributed by atoms with Crippen molar-refractivity contribution in [2.75, 3.05) is 19.6 Å². The zero-order chi connectivity index (χ0) is 20.7. The van der Waals surface area contributed by atoms with Crippen LogP contribution in [0, 0.1) is 13.8 Å². The summed E-state index contributed by atoms with van der Waals surface area (Å²) in [6.45, 7) is 13.2. The van der Waals surface area contributed by atoms with Crippen LogP contribution in [-0.4, -0.2) is 46.5 Å². The Hall–Kier alpha value is -2.18. The number of thiophene rings is 1. The van der Waals surface area contributed by atoms with Gasteiger partial charge in [0.1, 0.15) is 0 Å². The van der Waals surface area contributed by atoms with Gasteiger partial charge in [-0.05, 0) is 49.9 Å². The van der Waals surface area contributed by atoms with E-state index in [1.54, 1.807) is 11.3 Å². The zero-order valence-electron chi connectivity index (χ0n) is 17.9. The highest BCUT2D eigenvalue weighted by Gasteiger charge is 2.28.